The zero-order chi connectivity index (χ0) is 22.5. The molecule has 1 aliphatic heterocycles. The van der Waals surface area contributed by atoms with E-state index in [0.29, 0.717) is 43.3 Å². The smallest absolute Gasteiger partial charge is 0.410 e. The molecule has 3 N–H and O–H groups in total. The van der Waals surface area contributed by atoms with Crippen molar-refractivity contribution in [3.05, 3.63) is 41.2 Å². The average Bonchev–Trinajstić information content (AvgIpc) is 3.40. The molecule has 14 heteroatoms. The number of nitrogens with two attached hydrogens (primary N) is 1. The molecule has 2 aromatic heterocycles. The first-order chi connectivity index (χ1) is 15.5. The lowest BCUT2D eigenvalue weighted by Crippen LogP contribution is -2.42. The monoisotopic (exact) mass is 441 g/mol. The maximum absolute atomic E-state index is 12.3. The summed E-state index contributed by atoms with van der Waals surface area (Å²) in [6.45, 7) is 3.61. The number of anilines is 1. The molecular weight excluding hydrogens is 422 g/mol. The van der Waals surface area contributed by atoms with Gasteiger partial charge in [0.25, 0.3) is 5.91 Å². The van der Waals surface area contributed by atoms with Gasteiger partial charge in [-0.1, -0.05) is 5.21 Å². The molecule has 14 nitrogen and oxygen atoms in total. The van der Waals surface area contributed by atoms with Crippen LogP contribution < -0.4 is 15.9 Å². The lowest BCUT2D eigenvalue weighted by atomic mass is 10.2. The summed E-state index contributed by atoms with van der Waals surface area (Å²) < 4.78 is 16.3. The quantitative estimate of drug-likeness (QED) is 0.409. The Labute approximate surface area is 180 Å². The molecule has 1 aliphatic rings. The van der Waals surface area contributed by atoms with Crippen molar-refractivity contribution < 1.29 is 23.7 Å². The average molecular weight is 441 g/mol. The number of nitrogens with one attached hydrogen (secondary N) is 1. The molecule has 32 heavy (non-hydrogen) atoms. The van der Waals surface area contributed by atoms with E-state index in [4.69, 9.17) is 15.2 Å². The highest BCUT2D eigenvalue weighted by Crippen LogP contribution is 2.15. The van der Waals surface area contributed by atoms with E-state index < -0.39 is 12.0 Å². The van der Waals surface area contributed by atoms with Gasteiger partial charge in [-0.3, -0.25) is 4.79 Å². The summed E-state index contributed by atoms with van der Waals surface area (Å²) in [5.41, 5.74) is 9.10. The van der Waals surface area contributed by atoms with Gasteiger partial charge >= 0.3 is 6.09 Å². The Morgan fingerprint density at radius 2 is 1.97 bits per heavy atom. The number of carbonyl (C=O) groups excluding carboxylic acids is 2. The Hall–Kier alpha value is -4.33. The van der Waals surface area contributed by atoms with Gasteiger partial charge in [-0.15, -0.1) is 5.10 Å². The Morgan fingerprint density at radius 3 is 2.66 bits per heavy atom. The van der Waals surface area contributed by atoms with Crippen LogP contribution in [0, 0.1) is 6.92 Å². The molecule has 1 aromatic carbocycles. The number of rotatable bonds is 5. The fourth-order valence-electron chi connectivity index (χ4n) is 2.83. The number of nitrogen functional groups attached to an aromatic ring is 1. The summed E-state index contributed by atoms with van der Waals surface area (Å²) >= 11 is 0. The Bertz CT molecular complexity index is 1130. The topological polar surface area (TPSA) is 176 Å². The number of aromatic nitrogens is 5. The van der Waals surface area contributed by atoms with Crippen LogP contribution in [-0.4, -0.2) is 74.7 Å². The predicted octanol–water partition coefficient (Wildman–Crippen LogP) is 0.136. The van der Waals surface area contributed by atoms with Gasteiger partial charge in [0.05, 0.1) is 25.1 Å². The Balaban J connectivity index is 1.33. The van der Waals surface area contributed by atoms with Crippen molar-refractivity contribution in [2.45, 2.75) is 6.92 Å². The molecule has 1 fully saturated rings. The van der Waals surface area contributed by atoms with Crippen molar-refractivity contribution in [1.29, 1.82) is 0 Å². The van der Waals surface area contributed by atoms with Crippen molar-refractivity contribution in [2.75, 3.05) is 32.0 Å². The van der Waals surface area contributed by atoms with Crippen LogP contribution in [-0.2, 0) is 4.74 Å². The Kier molecular flexibility index (Phi) is 6.03. The number of benzene rings is 1. The normalized spacial score (nSPS) is 14.0. The minimum absolute atomic E-state index is 0.0158. The van der Waals surface area contributed by atoms with Gasteiger partial charge in [0.2, 0.25) is 11.6 Å². The van der Waals surface area contributed by atoms with E-state index in [0.717, 1.165) is 0 Å². The molecule has 0 unspecified atom stereocenters. The third-order valence-electron chi connectivity index (χ3n) is 4.54. The van der Waals surface area contributed by atoms with E-state index in [1.807, 2.05) is 0 Å². The lowest BCUT2D eigenvalue weighted by Gasteiger charge is -2.25. The maximum Gasteiger partial charge on any atom is 0.415 e. The first-order valence-electron chi connectivity index (χ1n) is 9.51. The highest BCUT2D eigenvalue weighted by molar-refractivity contribution is 5.94. The minimum atomic E-state index is -0.573. The fourth-order valence-corrected chi connectivity index (χ4v) is 2.83. The number of hydrogen-bond donors (Lipinski definition) is 2. The van der Waals surface area contributed by atoms with Crippen LogP contribution in [0.3, 0.4) is 0 Å². The number of carbonyl (C=O) groups is 2. The zero-order valence-electron chi connectivity index (χ0n) is 17.0. The van der Waals surface area contributed by atoms with Crippen molar-refractivity contribution in [1.82, 2.24) is 35.6 Å². The van der Waals surface area contributed by atoms with E-state index in [-0.39, 0.29) is 17.3 Å². The number of morpholine rings is 1. The van der Waals surface area contributed by atoms with E-state index >= 15 is 0 Å². The number of hydrogen-bond acceptors (Lipinski definition) is 11. The van der Waals surface area contributed by atoms with Crippen molar-refractivity contribution in [3.63, 3.8) is 0 Å². The summed E-state index contributed by atoms with van der Waals surface area (Å²) in [6.07, 6.45) is 1.01. The third-order valence-corrected chi connectivity index (χ3v) is 4.54. The molecule has 3 aromatic rings. The molecule has 0 aliphatic carbocycles. The van der Waals surface area contributed by atoms with E-state index in [1.54, 1.807) is 36.1 Å². The van der Waals surface area contributed by atoms with Gasteiger partial charge in [0.1, 0.15) is 5.75 Å². The van der Waals surface area contributed by atoms with Crippen LogP contribution in [0.1, 0.15) is 21.7 Å². The lowest BCUT2D eigenvalue weighted by molar-refractivity contribution is 0.0416. The SMILES string of the molecule is Cc1c(C(=O)NN=Cc2ccc(OC(=O)N3CCOCC3)cc2)nnn1-c1nonc1N. The summed E-state index contributed by atoms with van der Waals surface area (Å²) in [6, 6.07) is 6.65. The highest BCUT2D eigenvalue weighted by Gasteiger charge is 2.21. The first kappa shape index (κ1) is 20.9. The fraction of sp³-hybridized carbons (Fsp3) is 0.278. The third kappa shape index (κ3) is 4.54. The Morgan fingerprint density at radius 1 is 1.22 bits per heavy atom. The molecule has 0 spiro atoms. The maximum atomic E-state index is 12.3. The molecule has 0 radical (unpaired) electrons. The molecule has 4 rings (SSSR count). The zero-order valence-corrected chi connectivity index (χ0v) is 17.0. The molecule has 2 amide bonds. The largest absolute Gasteiger partial charge is 0.415 e. The number of ether oxygens (including phenoxy) is 2. The highest BCUT2D eigenvalue weighted by atomic mass is 16.6. The van der Waals surface area contributed by atoms with Crippen LogP contribution in [0.2, 0.25) is 0 Å². The van der Waals surface area contributed by atoms with Crippen LogP contribution in [0.5, 0.6) is 5.75 Å². The van der Waals surface area contributed by atoms with Crippen molar-refractivity contribution >= 4 is 24.0 Å². The van der Waals surface area contributed by atoms with Gasteiger partial charge in [-0.25, -0.2) is 14.8 Å². The summed E-state index contributed by atoms with van der Waals surface area (Å²) in [5.74, 6) is -0.0263. The van der Waals surface area contributed by atoms with E-state index in [1.165, 1.54) is 10.9 Å². The van der Waals surface area contributed by atoms with Crippen LogP contribution in [0.25, 0.3) is 5.82 Å². The second-order valence-electron chi connectivity index (χ2n) is 6.64. The molecule has 3 heterocycles. The van der Waals surface area contributed by atoms with Gasteiger partial charge in [-0.05, 0) is 47.1 Å². The van der Waals surface area contributed by atoms with Crippen LogP contribution >= 0.6 is 0 Å². The number of amides is 2. The summed E-state index contributed by atoms with van der Waals surface area (Å²) in [4.78, 5) is 26.0. The minimum Gasteiger partial charge on any atom is -0.410 e. The standard InChI is InChI=1S/C18H19N9O5/c1-11-14(21-25-27(11)16-15(19)23-32-24-16)17(28)22-20-10-12-2-4-13(5-3-12)31-18(29)26-6-8-30-9-7-26/h2-5,10H,6-9H2,1H3,(H2,19,23)(H,22,28). The number of nitrogens with zero attached hydrogens (tertiary/aromatic N) is 7. The van der Waals surface area contributed by atoms with Crippen LogP contribution in [0.15, 0.2) is 34.0 Å². The molecule has 0 saturated carbocycles. The second-order valence-corrected chi connectivity index (χ2v) is 6.64. The van der Waals surface area contributed by atoms with Gasteiger partial charge < -0.3 is 20.1 Å². The summed E-state index contributed by atoms with van der Waals surface area (Å²) in [5, 5.41) is 18.6. The molecular formula is C18H19N9O5. The summed E-state index contributed by atoms with van der Waals surface area (Å²) in [7, 11) is 0. The van der Waals surface area contributed by atoms with Crippen LogP contribution in [0.4, 0.5) is 10.6 Å². The molecule has 0 atom stereocenters. The number of hydrazone groups is 1. The van der Waals surface area contributed by atoms with E-state index in [2.05, 4.69) is 35.8 Å². The molecule has 0 bridgehead atoms. The van der Waals surface area contributed by atoms with Gasteiger partial charge in [0.15, 0.2) is 5.69 Å². The molecule has 1 saturated heterocycles. The van der Waals surface area contributed by atoms with Gasteiger partial charge in [-0.2, -0.15) is 9.78 Å². The first-order valence-corrected chi connectivity index (χ1v) is 9.51. The molecule has 166 valence electrons. The van der Waals surface area contributed by atoms with Gasteiger partial charge in [0, 0.05) is 13.1 Å². The van der Waals surface area contributed by atoms with E-state index in [9.17, 15) is 9.59 Å². The van der Waals surface area contributed by atoms with Crippen molar-refractivity contribution in [3.8, 4) is 11.6 Å². The van der Waals surface area contributed by atoms with Crippen molar-refractivity contribution in [2.24, 2.45) is 5.10 Å². The predicted molar refractivity (Wildman–Crippen MR) is 108 cm³/mol. The second kappa shape index (κ2) is 9.22.